The van der Waals surface area contributed by atoms with E-state index in [9.17, 15) is 4.79 Å². The lowest BCUT2D eigenvalue weighted by Gasteiger charge is -2.05. The molecule has 0 aliphatic heterocycles. The van der Waals surface area contributed by atoms with Gasteiger partial charge in [0.05, 0.1) is 0 Å². The standard InChI is InChI=1S/C14H11O/c1-2-5-11-8-9-12(10-15)14-7-4-3-6-13(11)14/h2-4,6-9H,1,5H2. The van der Waals surface area contributed by atoms with Crippen molar-refractivity contribution in [2.24, 2.45) is 0 Å². The third-order valence-electron chi connectivity index (χ3n) is 2.49. The predicted molar refractivity (Wildman–Crippen MR) is 62.6 cm³/mol. The van der Waals surface area contributed by atoms with Crippen LogP contribution in [0.1, 0.15) is 11.1 Å². The number of hydrogen-bond donors (Lipinski definition) is 0. The fourth-order valence-corrected chi connectivity index (χ4v) is 1.78. The smallest absolute Gasteiger partial charge is 0.234 e. The second-order valence-corrected chi connectivity index (χ2v) is 3.41. The van der Waals surface area contributed by atoms with Gasteiger partial charge in [0.15, 0.2) is 0 Å². The summed E-state index contributed by atoms with van der Waals surface area (Å²) in [4.78, 5) is 10.7. The minimum absolute atomic E-state index is 0.624. The van der Waals surface area contributed by atoms with Crippen LogP contribution in [0.15, 0.2) is 49.1 Å². The topological polar surface area (TPSA) is 17.1 Å². The normalized spacial score (nSPS) is 10.1. The van der Waals surface area contributed by atoms with Gasteiger partial charge in [-0.15, -0.1) is 6.58 Å². The average Bonchev–Trinajstić information content (AvgIpc) is 2.30. The molecule has 2 aromatic rings. The van der Waals surface area contributed by atoms with E-state index in [1.165, 1.54) is 5.56 Å². The molecule has 0 bridgehead atoms. The van der Waals surface area contributed by atoms with Crippen molar-refractivity contribution >= 4 is 17.1 Å². The summed E-state index contributed by atoms with van der Waals surface area (Å²) in [5.74, 6) is 0. The second-order valence-electron chi connectivity index (χ2n) is 3.41. The number of hydrogen-bond acceptors (Lipinski definition) is 1. The molecule has 2 aromatic carbocycles. The molecule has 0 atom stereocenters. The van der Waals surface area contributed by atoms with Crippen LogP contribution in [0.3, 0.4) is 0 Å². The van der Waals surface area contributed by atoms with Crippen molar-refractivity contribution in [2.75, 3.05) is 0 Å². The van der Waals surface area contributed by atoms with Crippen LogP contribution in [0.2, 0.25) is 0 Å². The largest absolute Gasteiger partial charge is 0.285 e. The fourth-order valence-electron chi connectivity index (χ4n) is 1.78. The molecule has 0 saturated carbocycles. The van der Waals surface area contributed by atoms with Crippen LogP contribution in [0.4, 0.5) is 0 Å². The highest BCUT2D eigenvalue weighted by Gasteiger charge is 2.03. The van der Waals surface area contributed by atoms with Gasteiger partial charge in [0.25, 0.3) is 0 Å². The highest BCUT2D eigenvalue weighted by atomic mass is 16.1. The Morgan fingerprint density at radius 1 is 1.13 bits per heavy atom. The van der Waals surface area contributed by atoms with Gasteiger partial charge >= 0.3 is 0 Å². The van der Waals surface area contributed by atoms with Crippen molar-refractivity contribution in [3.05, 3.63) is 60.2 Å². The van der Waals surface area contributed by atoms with E-state index in [4.69, 9.17) is 0 Å². The van der Waals surface area contributed by atoms with Crippen LogP contribution < -0.4 is 0 Å². The maximum absolute atomic E-state index is 10.7. The van der Waals surface area contributed by atoms with Crippen LogP contribution in [0.5, 0.6) is 0 Å². The molecule has 0 spiro atoms. The van der Waals surface area contributed by atoms with Gasteiger partial charge in [0, 0.05) is 5.56 Å². The molecule has 15 heavy (non-hydrogen) atoms. The van der Waals surface area contributed by atoms with Crippen molar-refractivity contribution in [1.29, 1.82) is 0 Å². The lowest BCUT2D eigenvalue weighted by Crippen LogP contribution is -1.89. The van der Waals surface area contributed by atoms with Crippen LogP contribution in [-0.4, -0.2) is 6.29 Å². The van der Waals surface area contributed by atoms with E-state index < -0.39 is 0 Å². The maximum atomic E-state index is 10.7. The first-order valence-corrected chi connectivity index (χ1v) is 4.86. The van der Waals surface area contributed by atoms with Gasteiger partial charge in [0.1, 0.15) is 0 Å². The Bertz CT molecular complexity index is 512. The summed E-state index contributed by atoms with van der Waals surface area (Å²) in [6.45, 7) is 3.73. The minimum atomic E-state index is 0.624. The van der Waals surface area contributed by atoms with Crippen molar-refractivity contribution in [2.45, 2.75) is 6.42 Å². The van der Waals surface area contributed by atoms with E-state index in [2.05, 4.69) is 6.58 Å². The SMILES string of the molecule is C=CCc1ccc([C]=O)c2ccccc12. The molecule has 2 rings (SSSR count). The second kappa shape index (κ2) is 4.09. The Morgan fingerprint density at radius 3 is 2.53 bits per heavy atom. The lowest BCUT2D eigenvalue weighted by molar-refractivity contribution is 0.563. The Kier molecular flexibility index (Phi) is 2.64. The van der Waals surface area contributed by atoms with Crippen LogP contribution >= 0.6 is 0 Å². The molecule has 1 radical (unpaired) electrons. The summed E-state index contributed by atoms with van der Waals surface area (Å²) >= 11 is 0. The van der Waals surface area contributed by atoms with E-state index >= 15 is 0 Å². The molecule has 0 fully saturated rings. The molecule has 0 unspecified atom stereocenters. The average molecular weight is 195 g/mol. The molecule has 0 N–H and O–H groups in total. The zero-order chi connectivity index (χ0) is 10.7. The molecule has 0 aromatic heterocycles. The quantitative estimate of drug-likeness (QED) is 0.688. The summed E-state index contributed by atoms with van der Waals surface area (Å²) in [5, 5.41) is 2.07. The fraction of sp³-hybridized carbons (Fsp3) is 0.0714. The third-order valence-corrected chi connectivity index (χ3v) is 2.49. The lowest BCUT2D eigenvalue weighted by atomic mass is 9.98. The highest BCUT2D eigenvalue weighted by molar-refractivity contribution is 5.99. The van der Waals surface area contributed by atoms with E-state index in [1.54, 1.807) is 0 Å². The van der Waals surface area contributed by atoms with Gasteiger partial charge in [-0.2, -0.15) is 0 Å². The Balaban J connectivity index is 2.76. The van der Waals surface area contributed by atoms with Crippen molar-refractivity contribution < 1.29 is 4.79 Å². The molecule has 0 aliphatic carbocycles. The molecule has 1 heteroatoms. The van der Waals surface area contributed by atoms with Gasteiger partial charge in [0.2, 0.25) is 6.29 Å². The summed E-state index contributed by atoms with van der Waals surface area (Å²) in [6, 6.07) is 11.7. The van der Waals surface area contributed by atoms with Crippen molar-refractivity contribution in [3.8, 4) is 0 Å². The van der Waals surface area contributed by atoms with Gasteiger partial charge in [-0.1, -0.05) is 36.4 Å². The predicted octanol–water partition coefficient (Wildman–Crippen LogP) is 3.03. The van der Waals surface area contributed by atoms with E-state index in [0.717, 1.165) is 17.2 Å². The van der Waals surface area contributed by atoms with E-state index in [-0.39, 0.29) is 0 Å². The van der Waals surface area contributed by atoms with Gasteiger partial charge in [-0.3, -0.25) is 4.79 Å². The summed E-state index contributed by atoms with van der Waals surface area (Å²) in [5.41, 5.74) is 1.82. The number of rotatable bonds is 3. The van der Waals surface area contributed by atoms with Crippen molar-refractivity contribution in [3.63, 3.8) is 0 Å². The third kappa shape index (κ3) is 1.68. The molecule has 0 saturated heterocycles. The summed E-state index contributed by atoms with van der Waals surface area (Å²) < 4.78 is 0. The number of allylic oxidation sites excluding steroid dienone is 1. The van der Waals surface area contributed by atoms with E-state index in [1.807, 2.05) is 48.8 Å². The minimum Gasteiger partial charge on any atom is -0.285 e. The monoisotopic (exact) mass is 195 g/mol. The molecular weight excluding hydrogens is 184 g/mol. The zero-order valence-electron chi connectivity index (χ0n) is 8.36. The van der Waals surface area contributed by atoms with Crippen LogP contribution in [0, 0.1) is 0 Å². The number of fused-ring (bicyclic) bond motifs is 1. The van der Waals surface area contributed by atoms with Crippen molar-refractivity contribution in [1.82, 2.24) is 0 Å². The first kappa shape index (κ1) is 9.66. The molecule has 73 valence electrons. The molecular formula is C14H11O. The first-order valence-electron chi connectivity index (χ1n) is 4.86. The summed E-state index contributed by atoms with van der Waals surface area (Å²) in [6.07, 6.45) is 4.65. The molecule has 0 aliphatic rings. The Labute approximate surface area is 89.0 Å². The number of carbonyl (C=O) groups excluding carboxylic acids is 1. The zero-order valence-corrected chi connectivity index (χ0v) is 8.36. The molecule has 0 heterocycles. The summed E-state index contributed by atoms with van der Waals surface area (Å²) in [7, 11) is 0. The number of benzene rings is 2. The van der Waals surface area contributed by atoms with E-state index in [0.29, 0.717) is 5.56 Å². The van der Waals surface area contributed by atoms with Gasteiger partial charge in [-0.05, 0) is 28.8 Å². The molecule has 1 nitrogen and oxygen atoms in total. The Morgan fingerprint density at radius 2 is 1.87 bits per heavy atom. The van der Waals surface area contributed by atoms with Crippen LogP contribution in [0.25, 0.3) is 10.8 Å². The first-order chi connectivity index (χ1) is 7.36. The Hall–Kier alpha value is -1.89. The highest BCUT2D eigenvalue weighted by Crippen LogP contribution is 2.22. The molecule has 0 amide bonds. The van der Waals surface area contributed by atoms with Crippen LogP contribution in [-0.2, 0) is 11.2 Å². The van der Waals surface area contributed by atoms with Gasteiger partial charge in [-0.25, -0.2) is 0 Å². The van der Waals surface area contributed by atoms with Gasteiger partial charge < -0.3 is 0 Å². The maximum Gasteiger partial charge on any atom is 0.234 e.